The van der Waals surface area contributed by atoms with Crippen LogP contribution >= 0.6 is 22.9 Å². The van der Waals surface area contributed by atoms with E-state index in [0.717, 1.165) is 16.1 Å². The van der Waals surface area contributed by atoms with Crippen molar-refractivity contribution in [3.63, 3.8) is 0 Å². The first kappa shape index (κ1) is 15.0. The molecular formula is C15H17ClN2OS. The third-order valence-corrected chi connectivity index (χ3v) is 4.59. The molecule has 1 amide bonds. The van der Waals surface area contributed by atoms with E-state index >= 15 is 0 Å². The Morgan fingerprint density at radius 1 is 1.35 bits per heavy atom. The predicted octanol–water partition coefficient (Wildman–Crippen LogP) is 4.33. The summed E-state index contributed by atoms with van der Waals surface area (Å²) < 4.78 is 0. The summed E-state index contributed by atoms with van der Waals surface area (Å²) in [5.41, 5.74) is 1.16. The Morgan fingerprint density at radius 2 is 2.05 bits per heavy atom. The number of hydrogen-bond acceptors (Lipinski definition) is 3. The van der Waals surface area contributed by atoms with Crippen molar-refractivity contribution < 1.29 is 4.79 Å². The molecule has 0 atom stereocenters. The van der Waals surface area contributed by atoms with Gasteiger partial charge >= 0.3 is 0 Å². The molecule has 106 valence electrons. The highest BCUT2D eigenvalue weighted by atomic mass is 35.5. The molecule has 20 heavy (non-hydrogen) atoms. The zero-order valence-electron chi connectivity index (χ0n) is 12.0. The minimum Gasteiger partial charge on any atom is -0.301 e. The van der Waals surface area contributed by atoms with Gasteiger partial charge in [0.1, 0.15) is 0 Å². The number of nitrogens with one attached hydrogen (secondary N) is 1. The predicted molar refractivity (Wildman–Crippen MR) is 84.7 cm³/mol. The summed E-state index contributed by atoms with van der Waals surface area (Å²) in [7, 11) is 0. The van der Waals surface area contributed by atoms with Gasteiger partial charge in [-0.25, -0.2) is 4.98 Å². The summed E-state index contributed by atoms with van der Waals surface area (Å²) in [6.07, 6.45) is 0. The topological polar surface area (TPSA) is 42.0 Å². The van der Waals surface area contributed by atoms with Crippen molar-refractivity contribution in [2.45, 2.75) is 33.1 Å². The molecule has 0 spiro atoms. The number of aromatic nitrogens is 1. The smallest absolute Gasteiger partial charge is 0.236 e. The lowest BCUT2D eigenvalue weighted by Crippen LogP contribution is -2.34. The third-order valence-electron chi connectivity index (χ3n) is 3.36. The summed E-state index contributed by atoms with van der Waals surface area (Å²) in [5.74, 6) is -0.0893. The van der Waals surface area contributed by atoms with Gasteiger partial charge in [-0.05, 0) is 45.4 Å². The van der Waals surface area contributed by atoms with Gasteiger partial charge in [-0.1, -0.05) is 23.7 Å². The molecule has 0 radical (unpaired) electrons. The van der Waals surface area contributed by atoms with Crippen molar-refractivity contribution in [2.24, 2.45) is 0 Å². The Hall–Kier alpha value is -1.39. The quantitative estimate of drug-likeness (QED) is 0.917. The summed E-state index contributed by atoms with van der Waals surface area (Å²) in [4.78, 5) is 17.9. The van der Waals surface area contributed by atoms with E-state index in [2.05, 4.69) is 10.3 Å². The van der Waals surface area contributed by atoms with Gasteiger partial charge in [0, 0.05) is 9.90 Å². The van der Waals surface area contributed by atoms with E-state index in [-0.39, 0.29) is 5.91 Å². The number of aryl methyl sites for hydroxylation is 2. The van der Waals surface area contributed by atoms with Crippen molar-refractivity contribution >= 4 is 34.0 Å². The van der Waals surface area contributed by atoms with Crippen LogP contribution in [0.3, 0.4) is 0 Å². The fraction of sp³-hybridized carbons (Fsp3) is 0.333. The first-order chi connectivity index (χ1) is 9.30. The molecule has 2 rings (SSSR count). The second kappa shape index (κ2) is 5.54. The summed E-state index contributed by atoms with van der Waals surface area (Å²) in [6.45, 7) is 7.68. The molecule has 0 aliphatic carbocycles. The van der Waals surface area contributed by atoms with Gasteiger partial charge in [-0.2, -0.15) is 0 Å². The first-order valence-electron chi connectivity index (χ1n) is 6.32. The van der Waals surface area contributed by atoms with E-state index in [9.17, 15) is 4.79 Å². The highest BCUT2D eigenvalue weighted by Crippen LogP contribution is 2.28. The number of carbonyl (C=O) groups is 1. The Kier molecular flexibility index (Phi) is 4.16. The average molecular weight is 309 g/mol. The summed E-state index contributed by atoms with van der Waals surface area (Å²) in [6, 6.07) is 7.38. The van der Waals surface area contributed by atoms with E-state index in [1.54, 1.807) is 6.07 Å². The van der Waals surface area contributed by atoms with E-state index < -0.39 is 5.41 Å². The number of benzene rings is 1. The monoisotopic (exact) mass is 308 g/mol. The SMILES string of the molecule is Cc1nc(NC(=O)C(C)(C)c2cccc(Cl)c2)sc1C. The molecule has 2 aromatic rings. The van der Waals surface area contributed by atoms with Crippen LogP contribution in [-0.2, 0) is 10.2 Å². The van der Waals surface area contributed by atoms with E-state index in [1.807, 2.05) is 45.9 Å². The van der Waals surface area contributed by atoms with Crippen LogP contribution in [0.25, 0.3) is 0 Å². The lowest BCUT2D eigenvalue weighted by atomic mass is 9.84. The van der Waals surface area contributed by atoms with Gasteiger partial charge in [-0.3, -0.25) is 4.79 Å². The maximum absolute atomic E-state index is 12.5. The molecule has 1 N–H and O–H groups in total. The standard InChI is InChI=1S/C15H17ClN2OS/c1-9-10(2)20-14(17-9)18-13(19)15(3,4)11-6-5-7-12(16)8-11/h5-8H,1-4H3,(H,17,18,19). The zero-order valence-corrected chi connectivity index (χ0v) is 13.5. The van der Waals surface area contributed by atoms with Crippen LogP contribution in [0.5, 0.6) is 0 Å². The maximum atomic E-state index is 12.5. The Bertz CT molecular complexity index is 630. The van der Waals surface area contributed by atoms with E-state index in [4.69, 9.17) is 11.6 Å². The molecule has 0 fully saturated rings. The molecule has 0 unspecified atom stereocenters. The number of carbonyl (C=O) groups excluding carboxylic acids is 1. The minimum absolute atomic E-state index is 0.0893. The second-order valence-corrected chi connectivity index (χ2v) is 6.89. The van der Waals surface area contributed by atoms with E-state index in [1.165, 1.54) is 11.3 Å². The summed E-state index contributed by atoms with van der Waals surface area (Å²) in [5, 5.41) is 4.16. The maximum Gasteiger partial charge on any atom is 0.236 e. The van der Waals surface area contributed by atoms with Crippen LogP contribution < -0.4 is 5.32 Å². The molecule has 0 saturated heterocycles. The molecule has 0 aliphatic heterocycles. The van der Waals surface area contributed by atoms with Crippen molar-refractivity contribution in [3.8, 4) is 0 Å². The first-order valence-corrected chi connectivity index (χ1v) is 7.51. The molecular weight excluding hydrogens is 292 g/mol. The summed E-state index contributed by atoms with van der Waals surface area (Å²) >= 11 is 7.49. The molecule has 1 aromatic heterocycles. The Balaban J connectivity index is 2.23. The molecule has 3 nitrogen and oxygen atoms in total. The average Bonchev–Trinajstić information content (AvgIpc) is 2.68. The van der Waals surface area contributed by atoms with Crippen LogP contribution in [-0.4, -0.2) is 10.9 Å². The molecule has 1 aromatic carbocycles. The van der Waals surface area contributed by atoms with Crippen LogP contribution in [0.1, 0.15) is 30.0 Å². The largest absolute Gasteiger partial charge is 0.301 e. The number of anilines is 1. The van der Waals surface area contributed by atoms with Crippen LogP contribution in [0.15, 0.2) is 24.3 Å². The number of amides is 1. The number of halogens is 1. The van der Waals surface area contributed by atoms with Crippen molar-refractivity contribution in [1.29, 1.82) is 0 Å². The fourth-order valence-corrected chi connectivity index (χ4v) is 2.79. The Morgan fingerprint density at radius 3 is 2.60 bits per heavy atom. The van der Waals surface area contributed by atoms with Crippen LogP contribution in [0, 0.1) is 13.8 Å². The number of rotatable bonds is 3. The molecule has 0 bridgehead atoms. The number of thiazole rings is 1. The molecule has 5 heteroatoms. The highest BCUT2D eigenvalue weighted by Gasteiger charge is 2.30. The normalized spacial score (nSPS) is 11.4. The molecule has 0 aliphatic rings. The van der Waals surface area contributed by atoms with E-state index in [0.29, 0.717) is 10.2 Å². The highest BCUT2D eigenvalue weighted by molar-refractivity contribution is 7.15. The van der Waals surface area contributed by atoms with Crippen molar-refractivity contribution in [3.05, 3.63) is 45.4 Å². The van der Waals surface area contributed by atoms with Crippen molar-refractivity contribution in [1.82, 2.24) is 4.98 Å². The molecule has 0 saturated carbocycles. The van der Waals surface area contributed by atoms with Crippen LogP contribution in [0.2, 0.25) is 5.02 Å². The van der Waals surface area contributed by atoms with Gasteiger partial charge in [0.05, 0.1) is 11.1 Å². The van der Waals surface area contributed by atoms with Gasteiger partial charge in [-0.15, -0.1) is 11.3 Å². The second-order valence-electron chi connectivity index (χ2n) is 5.25. The molecule has 1 heterocycles. The van der Waals surface area contributed by atoms with Gasteiger partial charge < -0.3 is 5.32 Å². The number of hydrogen-bond donors (Lipinski definition) is 1. The van der Waals surface area contributed by atoms with Crippen LogP contribution in [0.4, 0.5) is 5.13 Å². The Labute approximate surface area is 128 Å². The minimum atomic E-state index is -0.668. The third kappa shape index (κ3) is 3.02. The number of nitrogens with zero attached hydrogens (tertiary/aromatic N) is 1. The lowest BCUT2D eigenvalue weighted by molar-refractivity contribution is -0.120. The fourth-order valence-electron chi connectivity index (χ4n) is 1.79. The van der Waals surface area contributed by atoms with Gasteiger partial charge in [0.15, 0.2) is 5.13 Å². The van der Waals surface area contributed by atoms with Crippen molar-refractivity contribution in [2.75, 3.05) is 5.32 Å². The lowest BCUT2D eigenvalue weighted by Gasteiger charge is -2.23. The zero-order chi connectivity index (χ0) is 14.9. The van der Waals surface area contributed by atoms with Gasteiger partial charge in [0.25, 0.3) is 0 Å². The van der Waals surface area contributed by atoms with Gasteiger partial charge in [0.2, 0.25) is 5.91 Å².